The zero-order chi connectivity index (χ0) is 14.1. The van der Waals surface area contributed by atoms with E-state index in [0.717, 1.165) is 0 Å². The third-order valence-electron chi connectivity index (χ3n) is 1.71. The number of hydrogen-bond donors (Lipinski definition) is 0. The topological polar surface area (TPSA) is 43.2 Å². The van der Waals surface area contributed by atoms with E-state index in [4.69, 9.17) is 44.5 Å². The molecule has 8 heteroatoms. The lowest BCUT2D eigenvalue weighted by Gasteiger charge is -2.05. The van der Waals surface area contributed by atoms with Crippen LogP contribution in [0.25, 0.3) is 0 Å². The molecule has 0 bridgehead atoms. The lowest BCUT2D eigenvalue weighted by molar-refractivity contribution is 0.163. The molecule has 0 saturated heterocycles. The standard InChI is InChI=1S/C11H10BrCl3N2O2/c12-4-6-19-16-8-1-2-10(9(13)7-8)17-18-5-3-11(14)15/h1-3,5,7,11H,4,6H2. The summed E-state index contributed by atoms with van der Waals surface area (Å²) in [6.07, 6.45) is 7.69. The summed E-state index contributed by atoms with van der Waals surface area (Å²) >= 11 is 20.2. The maximum absolute atomic E-state index is 6.01. The van der Waals surface area contributed by atoms with E-state index >= 15 is 0 Å². The van der Waals surface area contributed by atoms with Crippen molar-refractivity contribution in [3.05, 3.63) is 35.6 Å². The molecule has 0 aromatic rings. The fourth-order valence-corrected chi connectivity index (χ4v) is 1.44. The zero-order valence-corrected chi connectivity index (χ0v) is 13.5. The molecule has 0 aromatic heterocycles. The van der Waals surface area contributed by atoms with Crippen LogP contribution in [-0.4, -0.2) is 28.2 Å². The Labute approximate surface area is 134 Å². The van der Waals surface area contributed by atoms with Crippen molar-refractivity contribution in [2.24, 2.45) is 10.3 Å². The van der Waals surface area contributed by atoms with Gasteiger partial charge < -0.3 is 9.68 Å². The molecule has 0 aromatic carbocycles. The van der Waals surface area contributed by atoms with Gasteiger partial charge in [-0.05, 0) is 24.3 Å². The first kappa shape index (κ1) is 16.6. The molecule has 0 fully saturated rings. The molecule has 0 radical (unpaired) electrons. The molecule has 0 saturated carbocycles. The van der Waals surface area contributed by atoms with Crippen LogP contribution in [0, 0.1) is 0 Å². The van der Waals surface area contributed by atoms with Gasteiger partial charge >= 0.3 is 0 Å². The largest absolute Gasteiger partial charge is 0.394 e. The molecule has 0 spiro atoms. The highest BCUT2D eigenvalue weighted by molar-refractivity contribution is 9.09. The second kappa shape index (κ2) is 9.42. The lowest BCUT2D eigenvalue weighted by Crippen LogP contribution is -2.05. The van der Waals surface area contributed by atoms with Crippen LogP contribution in [0.3, 0.4) is 0 Å². The van der Waals surface area contributed by atoms with Crippen molar-refractivity contribution in [2.75, 3.05) is 11.9 Å². The summed E-state index contributed by atoms with van der Waals surface area (Å²) < 4.78 is 0. The highest BCUT2D eigenvalue weighted by Gasteiger charge is 2.09. The maximum atomic E-state index is 6.01. The summed E-state index contributed by atoms with van der Waals surface area (Å²) in [5.74, 6) is 0. The minimum absolute atomic E-state index is 0.394. The highest BCUT2D eigenvalue weighted by Crippen LogP contribution is 2.13. The summed E-state index contributed by atoms with van der Waals surface area (Å²) in [5.41, 5.74) is 1.06. The van der Waals surface area contributed by atoms with E-state index in [1.165, 1.54) is 12.3 Å². The molecule has 0 amide bonds. The Kier molecular flexibility index (Phi) is 8.21. The summed E-state index contributed by atoms with van der Waals surface area (Å²) in [4.78, 5) is 9.24. The first-order valence-electron chi connectivity index (χ1n) is 5.13. The van der Waals surface area contributed by atoms with Crippen LogP contribution in [0.1, 0.15) is 0 Å². The van der Waals surface area contributed by atoms with Crippen molar-refractivity contribution in [3.63, 3.8) is 0 Å². The number of allylic oxidation sites excluding steroid dienone is 5. The molecular formula is C11H10BrCl3N2O2. The fourth-order valence-electron chi connectivity index (χ4n) is 0.963. The molecule has 104 valence electrons. The van der Waals surface area contributed by atoms with Gasteiger partial charge in [-0.15, -0.1) is 23.2 Å². The fraction of sp³-hybridized carbons (Fsp3) is 0.273. The molecule has 0 N–H and O–H groups in total. The number of halogens is 4. The SMILES string of the molecule is ClC1=CC(=NOCCBr)C=CC1=NOC=CC(Cl)Cl. The number of nitrogens with zero attached hydrogens (tertiary/aromatic N) is 2. The van der Waals surface area contributed by atoms with Crippen LogP contribution in [0.15, 0.2) is 45.9 Å². The number of oxime groups is 2. The summed E-state index contributed by atoms with van der Waals surface area (Å²) in [6, 6.07) is 0. The number of rotatable bonds is 6. The molecule has 4 nitrogen and oxygen atoms in total. The number of alkyl halides is 3. The quantitative estimate of drug-likeness (QED) is 0.226. The summed E-state index contributed by atoms with van der Waals surface area (Å²) in [6.45, 7) is 0.482. The molecule has 0 heterocycles. The summed E-state index contributed by atoms with van der Waals surface area (Å²) in [5, 5.41) is 8.76. The highest BCUT2D eigenvalue weighted by atomic mass is 79.9. The predicted molar refractivity (Wildman–Crippen MR) is 83.4 cm³/mol. The van der Waals surface area contributed by atoms with Crippen LogP contribution >= 0.6 is 50.7 Å². The lowest BCUT2D eigenvalue weighted by atomic mass is 10.1. The Morgan fingerprint density at radius 3 is 2.74 bits per heavy atom. The maximum Gasteiger partial charge on any atom is 0.129 e. The van der Waals surface area contributed by atoms with Gasteiger partial charge in [-0.25, -0.2) is 0 Å². The van der Waals surface area contributed by atoms with Crippen LogP contribution in [0.2, 0.25) is 0 Å². The first-order valence-corrected chi connectivity index (χ1v) is 7.51. The van der Waals surface area contributed by atoms with Gasteiger partial charge in [0.1, 0.15) is 29.1 Å². The van der Waals surface area contributed by atoms with Gasteiger partial charge in [-0.1, -0.05) is 37.8 Å². The van der Waals surface area contributed by atoms with Gasteiger partial charge in [0.25, 0.3) is 0 Å². The number of hydrogen-bond acceptors (Lipinski definition) is 4. The van der Waals surface area contributed by atoms with Crippen molar-refractivity contribution < 1.29 is 9.68 Å². The minimum Gasteiger partial charge on any atom is -0.394 e. The van der Waals surface area contributed by atoms with Crippen LogP contribution in [0.4, 0.5) is 0 Å². The molecule has 0 atom stereocenters. The first-order chi connectivity index (χ1) is 9.13. The smallest absolute Gasteiger partial charge is 0.129 e. The Morgan fingerprint density at radius 2 is 2.11 bits per heavy atom. The van der Waals surface area contributed by atoms with E-state index in [1.807, 2.05) is 0 Å². The third kappa shape index (κ3) is 7.01. The van der Waals surface area contributed by atoms with Crippen molar-refractivity contribution in [2.45, 2.75) is 4.84 Å². The summed E-state index contributed by atoms with van der Waals surface area (Å²) in [7, 11) is 0. The van der Waals surface area contributed by atoms with Crippen molar-refractivity contribution in [1.82, 2.24) is 0 Å². The van der Waals surface area contributed by atoms with Gasteiger partial charge in [-0.2, -0.15) is 0 Å². The molecule has 1 aliphatic rings. The minimum atomic E-state index is -0.640. The van der Waals surface area contributed by atoms with Crippen LogP contribution in [-0.2, 0) is 9.68 Å². The third-order valence-corrected chi connectivity index (χ3v) is 2.62. The zero-order valence-electron chi connectivity index (χ0n) is 9.60. The van der Waals surface area contributed by atoms with E-state index in [0.29, 0.717) is 28.4 Å². The van der Waals surface area contributed by atoms with Gasteiger partial charge in [0.2, 0.25) is 0 Å². The van der Waals surface area contributed by atoms with E-state index in [1.54, 1.807) is 18.2 Å². The average Bonchev–Trinajstić information content (AvgIpc) is 2.36. The van der Waals surface area contributed by atoms with E-state index in [-0.39, 0.29) is 0 Å². The Bertz CT molecular complexity index is 445. The second-order valence-electron chi connectivity index (χ2n) is 3.11. The van der Waals surface area contributed by atoms with E-state index < -0.39 is 4.84 Å². The van der Waals surface area contributed by atoms with Crippen molar-refractivity contribution >= 4 is 62.2 Å². The van der Waals surface area contributed by atoms with Gasteiger partial charge in [-0.3, -0.25) is 0 Å². The Morgan fingerprint density at radius 1 is 1.32 bits per heavy atom. The van der Waals surface area contributed by atoms with Gasteiger partial charge in [0.05, 0.1) is 5.03 Å². The predicted octanol–water partition coefficient (Wildman–Crippen LogP) is 4.14. The second-order valence-corrected chi connectivity index (χ2v) is 5.47. The van der Waals surface area contributed by atoms with Gasteiger partial charge in [0, 0.05) is 5.33 Å². The van der Waals surface area contributed by atoms with E-state index in [9.17, 15) is 0 Å². The van der Waals surface area contributed by atoms with E-state index in [2.05, 4.69) is 26.2 Å². The molecule has 1 rings (SSSR count). The average molecular weight is 388 g/mol. The van der Waals surface area contributed by atoms with Crippen molar-refractivity contribution in [3.8, 4) is 0 Å². The molecule has 1 aliphatic carbocycles. The monoisotopic (exact) mass is 386 g/mol. The Balaban J connectivity index is 2.57. The normalized spacial score (nSPS) is 19.5. The Hall–Kier alpha value is -0.490. The molecular weight excluding hydrogens is 378 g/mol. The van der Waals surface area contributed by atoms with Crippen LogP contribution < -0.4 is 0 Å². The molecule has 0 unspecified atom stereocenters. The molecule has 19 heavy (non-hydrogen) atoms. The van der Waals surface area contributed by atoms with Crippen molar-refractivity contribution in [1.29, 1.82) is 0 Å². The van der Waals surface area contributed by atoms with Gasteiger partial charge in [0.15, 0.2) is 0 Å². The molecule has 0 aliphatic heterocycles. The van der Waals surface area contributed by atoms with Crippen LogP contribution in [0.5, 0.6) is 0 Å².